The molecular formula is C14H20O7. The summed E-state index contributed by atoms with van der Waals surface area (Å²) in [6.07, 6.45) is -0.792. The average Bonchev–Trinajstić information content (AvgIpc) is 2.99. The standard InChI is InChI=1S/C14H20O7/c1-16-11-4-9(5-12(17-2)14(11)18-3)19-7-10-8-20-13(6-15)21-10/h4-5,10,13,15H,6-8H2,1-3H3. The first-order chi connectivity index (χ1) is 10.2. The van der Waals surface area contributed by atoms with Crippen LogP contribution in [0.15, 0.2) is 12.1 Å². The molecule has 0 aromatic heterocycles. The number of benzene rings is 1. The van der Waals surface area contributed by atoms with Crippen LogP contribution in [0.3, 0.4) is 0 Å². The van der Waals surface area contributed by atoms with Crippen LogP contribution in [0, 0.1) is 0 Å². The summed E-state index contributed by atoms with van der Waals surface area (Å²) in [5.74, 6) is 2.11. The van der Waals surface area contributed by atoms with Crippen LogP contribution in [-0.4, -0.2) is 58.7 Å². The van der Waals surface area contributed by atoms with Crippen LogP contribution in [0.1, 0.15) is 0 Å². The molecule has 1 aliphatic rings. The van der Waals surface area contributed by atoms with Crippen molar-refractivity contribution in [1.82, 2.24) is 0 Å². The summed E-state index contributed by atoms with van der Waals surface area (Å²) in [5.41, 5.74) is 0. The Labute approximate surface area is 123 Å². The molecule has 2 unspecified atom stereocenters. The van der Waals surface area contributed by atoms with Crippen molar-refractivity contribution in [1.29, 1.82) is 0 Å². The highest BCUT2D eigenvalue weighted by Crippen LogP contribution is 2.40. The van der Waals surface area contributed by atoms with Gasteiger partial charge in [-0.05, 0) is 0 Å². The number of hydrogen-bond acceptors (Lipinski definition) is 7. The molecule has 0 radical (unpaired) electrons. The molecule has 1 saturated heterocycles. The van der Waals surface area contributed by atoms with Crippen molar-refractivity contribution in [2.45, 2.75) is 12.4 Å². The molecule has 7 nitrogen and oxygen atoms in total. The summed E-state index contributed by atoms with van der Waals surface area (Å²) >= 11 is 0. The van der Waals surface area contributed by atoms with E-state index in [9.17, 15) is 0 Å². The second-order valence-corrected chi connectivity index (χ2v) is 4.38. The Hall–Kier alpha value is -1.70. The molecule has 1 heterocycles. The van der Waals surface area contributed by atoms with Gasteiger partial charge in [0.25, 0.3) is 0 Å². The van der Waals surface area contributed by atoms with Gasteiger partial charge in [-0.25, -0.2) is 0 Å². The molecule has 7 heteroatoms. The smallest absolute Gasteiger partial charge is 0.203 e. The van der Waals surface area contributed by atoms with E-state index < -0.39 is 6.29 Å². The molecule has 1 fully saturated rings. The molecular weight excluding hydrogens is 280 g/mol. The van der Waals surface area contributed by atoms with Gasteiger partial charge in [0.15, 0.2) is 17.8 Å². The van der Waals surface area contributed by atoms with Gasteiger partial charge in [-0.3, -0.25) is 0 Å². The van der Waals surface area contributed by atoms with Crippen molar-refractivity contribution in [2.75, 3.05) is 41.2 Å². The summed E-state index contributed by atoms with van der Waals surface area (Å²) in [7, 11) is 4.63. The van der Waals surface area contributed by atoms with Crippen molar-refractivity contribution >= 4 is 0 Å². The summed E-state index contributed by atoms with van der Waals surface area (Å²) < 4.78 is 32.0. The Balaban J connectivity index is 2.03. The third-order valence-electron chi connectivity index (χ3n) is 3.04. The second-order valence-electron chi connectivity index (χ2n) is 4.38. The van der Waals surface area contributed by atoms with Crippen LogP contribution in [0.4, 0.5) is 0 Å². The van der Waals surface area contributed by atoms with Crippen LogP contribution in [0.2, 0.25) is 0 Å². The van der Waals surface area contributed by atoms with Crippen LogP contribution >= 0.6 is 0 Å². The molecule has 2 rings (SSSR count). The van der Waals surface area contributed by atoms with Gasteiger partial charge in [0, 0.05) is 12.1 Å². The highest BCUT2D eigenvalue weighted by Gasteiger charge is 2.26. The highest BCUT2D eigenvalue weighted by molar-refractivity contribution is 5.55. The maximum Gasteiger partial charge on any atom is 0.203 e. The normalized spacial score (nSPS) is 21.1. The predicted molar refractivity (Wildman–Crippen MR) is 73.3 cm³/mol. The molecule has 1 aromatic carbocycles. The van der Waals surface area contributed by atoms with E-state index >= 15 is 0 Å². The van der Waals surface area contributed by atoms with Gasteiger partial charge in [0.2, 0.25) is 5.75 Å². The van der Waals surface area contributed by atoms with Gasteiger partial charge in [-0.15, -0.1) is 0 Å². The first-order valence-electron chi connectivity index (χ1n) is 6.52. The molecule has 1 N–H and O–H groups in total. The van der Waals surface area contributed by atoms with Crippen molar-refractivity contribution in [2.24, 2.45) is 0 Å². The van der Waals surface area contributed by atoms with Gasteiger partial charge in [0.1, 0.15) is 18.5 Å². The first-order valence-corrected chi connectivity index (χ1v) is 6.52. The van der Waals surface area contributed by atoms with E-state index in [0.29, 0.717) is 36.2 Å². The van der Waals surface area contributed by atoms with Crippen molar-refractivity contribution in [3.8, 4) is 23.0 Å². The molecule has 1 aromatic rings. The fourth-order valence-electron chi connectivity index (χ4n) is 2.02. The minimum Gasteiger partial charge on any atom is -0.493 e. The largest absolute Gasteiger partial charge is 0.493 e. The molecule has 2 atom stereocenters. The lowest BCUT2D eigenvalue weighted by atomic mass is 10.2. The summed E-state index contributed by atoms with van der Waals surface area (Å²) in [5, 5.41) is 8.93. The van der Waals surface area contributed by atoms with E-state index in [1.807, 2.05) is 0 Å². The number of rotatable bonds is 7. The van der Waals surface area contributed by atoms with Gasteiger partial charge in [-0.1, -0.05) is 0 Å². The predicted octanol–water partition coefficient (Wildman–Crippen LogP) is 0.825. The monoisotopic (exact) mass is 300 g/mol. The Morgan fingerprint density at radius 1 is 1.14 bits per heavy atom. The third kappa shape index (κ3) is 3.69. The Morgan fingerprint density at radius 2 is 1.81 bits per heavy atom. The minimum absolute atomic E-state index is 0.166. The van der Waals surface area contributed by atoms with Crippen LogP contribution < -0.4 is 18.9 Å². The maximum atomic E-state index is 8.93. The van der Waals surface area contributed by atoms with Crippen molar-refractivity contribution in [3.63, 3.8) is 0 Å². The Morgan fingerprint density at radius 3 is 2.29 bits per heavy atom. The van der Waals surface area contributed by atoms with Crippen LogP contribution in [-0.2, 0) is 9.47 Å². The number of ether oxygens (including phenoxy) is 6. The quantitative estimate of drug-likeness (QED) is 0.799. The zero-order valence-electron chi connectivity index (χ0n) is 12.3. The van der Waals surface area contributed by atoms with E-state index in [4.69, 9.17) is 33.5 Å². The highest BCUT2D eigenvalue weighted by atomic mass is 16.7. The number of methoxy groups -OCH3 is 3. The van der Waals surface area contributed by atoms with E-state index in [0.717, 1.165) is 0 Å². The Kier molecular flexibility index (Phi) is 5.49. The summed E-state index contributed by atoms with van der Waals surface area (Å²) in [6.45, 7) is 0.519. The molecule has 0 saturated carbocycles. The fraction of sp³-hybridized carbons (Fsp3) is 0.571. The molecule has 0 spiro atoms. The van der Waals surface area contributed by atoms with Gasteiger partial charge in [-0.2, -0.15) is 0 Å². The van der Waals surface area contributed by atoms with E-state index in [1.54, 1.807) is 33.5 Å². The molecule has 0 aliphatic carbocycles. The van der Waals surface area contributed by atoms with Crippen molar-refractivity contribution in [3.05, 3.63) is 12.1 Å². The van der Waals surface area contributed by atoms with Crippen LogP contribution in [0.5, 0.6) is 23.0 Å². The van der Waals surface area contributed by atoms with Gasteiger partial charge < -0.3 is 33.5 Å². The molecule has 118 valence electrons. The fourth-order valence-corrected chi connectivity index (χ4v) is 2.02. The molecule has 21 heavy (non-hydrogen) atoms. The average molecular weight is 300 g/mol. The van der Waals surface area contributed by atoms with Crippen LogP contribution in [0.25, 0.3) is 0 Å². The number of hydrogen-bond donors (Lipinski definition) is 1. The topological polar surface area (TPSA) is 75.6 Å². The molecule has 0 bridgehead atoms. The molecule has 1 aliphatic heterocycles. The zero-order chi connectivity index (χ0) is 15.2. The number of aliphatic hydroxyl groups is 1. The maximum absolute atomic E-state index is 8.93. The van der Waals surface area contributed by atoms with E-state index in [1.165, 1.54) is 0 Å². The van der Waals surface area contributed by atoms with Gasteiger partial charge in [0.05, 0.1) is 34.5 Å². The summed E-state index contributed by atoms with van der Waals surface area (Å²) in [4.78, 5) is 0. The lowest BCUT2D eigenvalue weighted by molar-refractivity contribution is -0.0916. The zero-order valence-corrected chi connectivity index (χ0v) is 12.3. The number of aliphatic hydroxyl groups excluding tert-OH is 1. The van der Waals surface area contributed by atoms with E-state index in [2.05, 4.69) is 0 Å². The lowest BCUT2D eigenvalue weighted by Gasteiger charge is -2.16. The van der Waals surface area contributed by atoms with Crippen molar-refractivity contribution < 1.29 is 33.5 Å². The Bertz CT molecular complexity index is 438. The van der Waals surface area contributed by atoms with E-state index in [-0.39, 0.29) is 12.7 Å². The SMILES string of the molecule is COc1cc(OCC2COC(CO)O2)cc(OC)c1OC. The first kappa shape index (κ1) is 15.7. The second kappa shape index (κ2) is 7.35. The van der Waals surface area contributed by atoms with Gasteiger partial charge >= 0.3 is 0 Å². The third-order valence-corrected chi connectivity index (χ3v) is 3.04. The lowest BCUT2D eigenvalue weighted by Crippen LogP contribution is -2.22. The summed E-state index contributed by atoms with van der Waals surface area (Å²) in [6, 6.07) is 3.42. The minimum atomic E-state index is -0.571. The molecule has 0 amide bonds.